The summed E-state index contributed by atoms with van der Waals surface area (Å²) < 4.78 is 21.7. The van der Waals surface area contributed by atoms with E-state index in [1.54, 1.807) is 53.9 Å². The van der Waals surface area contributed by atoms with Crippen molar-refractivity contribution in [1.82, 2.24) is 14.7 Å². The lowest BCUT2D eigenvalue weighted by Gasteiger charge is -2.24. The van der Waals surface area contributed by atoms with Crippen molar-refractivity contribution in [2.24, 2.45) is 7.05 Å². The fraction of sp³-hybridized carbons (Fsp3) is 0.179. The summed E-state index contributed by atoms with van der Waals surface area (Å²) in [6.07, 6.45) is 0. The first-order valence-corrected chi connectivity index (χ1v) is 11.9. The Kier molecular flexibility index (Phi) is 6.43. The van der Waals surface area contributed by atoms with E-state index in [0.29, 0.717) is 21.9 Å². The Balaban J connectivity index is 1.53. The van der Waals surface area contributed by atoms with E-state index >= 15 is 0 Å². The number of carboxylic acid groups (broad SMARTS) is 1. The maximum Gasteiger partial charge on any atom is 0.335 e. The van der Waals surface area contributed by atoms with Crippen molar-refractivity contribution in [2.45, 2.75) is 26.6 Å². The van der Waals surface area contributed by atoms with Crippen LogP contribution in [-0.4, -0.2) is 31.7 Å². The molecule has 0 unspecified atom stereocenters. The molecule has 5 rings (SSSR count). The third kappa shape index (κ3) is 4.93. The summed E-state index contributed by atoms with van der Waals surface area (Å²) >= 11 is 6.22. The molecule has 4 aromatic rings. The zero-order valence-corrected chi connectivity index (χ0v) is 20.9. The number of halogens is 2. The smallest absolute Gasteiger partial charge is 0.335 e. The molecule has 3 aromatic carbocycles. The highest BCUT2D eigenvalue weighted by Crippen LogP contribution is 2.40. The average molecular weight is 520 g/mol. The topological polar surface area (TPSA) is 84.7 Å². The Hall–Kier alpha value is -4.17. The molecule has 1 aliphatic rings. The molecule has 9 heteroatoms. The molecule has 0 bridgehead atoms. The number of rotatable bonds is 6. The lowest BCUT2D eigenvalue weighted by molar-refractivity contribution is 0.0692. The lowest BCUT2D eigenvalue weighted by Crippen LogP contribution is -2.31. The summed E-state index contributed by atoms with van der Waals surface area (Å²) in [7, 11) is 1.76. The maximum absolute atomic E-state index is 14.1. The van der Waals surface area contributed by atoms with Gasteiger partial charge < -0.3 is 14.7 Å². The fourth-order valence-corrected chi connectivity index (χ4v) is 4.79. The molecule has 37 heavy (non-hydrogen) atoms. The number of benzene rings is 3. The van der Waals surface area contributed by atoms with Gasteiger partial charge in [-0.15, -0.1) is 0 Å². The molecular formula is C28H23ClFN3O4. The molecule has 0 atom stereocenters. The summed E-state index contributed by atoms with van der Waals surface area (Å²) in [5, 5.41) is 14.3. The van der Waals surface area contributed by atoms with Crippen LogP contribution in [0.5, 0.6) is 5.75 Å². The highest BCUT2D eigenvalue weighted by atomic mass is 35.5. The number of carboxylic acids is 1. The Bertz CT molecular complexity index is 1510. The molecule has 1 N–H and O–H groups in total. The van der Waals surface area contributed by atoms with Gasteiger partial charge in [0.05, 0.1) is 11.3 Å². The summed E-state index contributed by atoms with van der Waals surface area (Å²) in [5.74, 6) is -1.11. The van der Waals surface area contributed by atoms with Crippen LogP contribution in [-0.2, 0) is 26.7 Å². The number of fused-ring (bicyclic) bond motifs is 3. The Morgan fingerprint density at radius 3 is 2.51 bits per heavy atom. The first kappa shape index (κ1) is 24.5. The van der Waals surface area contributed by atoms with Gasteiger partial charge in [-0.25, -0.2) is 9.18 Å². The van der Waals surface area contributed by atoms with Crippen LogP contribution in [0.3, 0.4) is 0 Å². The van der Waals surface area contributed by atoms with E-state index in [1.165, 1.54) is 24.3 Å². The van der Waals surface area contributed by atoms with Crippen LogP contribution in [0.15, 0.2) is 60.7 Å². The van der Waals surface area contributed by atoms with Crippen molar-refractivity contribution < 1.29 is 23.8 Å². The number of nitrogens with zero attached hydrogens (tertiary/aromatic N) is 3. The zero-order chi connectivity index (χ0) is 26.3. The van der Waals surface area contributed by atoms with E-state index in [9.17, 15) is 19.1 Å². The van der Waals surface area contributed by atoms with Gasteiger partial charge in [0.25, 0.3) is 5.91 Å². The molecular weight excluding hydrogens is 497 g/mol. The second-order valence-electron chi connectivity index (χ2n) is 9.03. The van der Waals surface area contributed by atoms with Crippen LogP contribution < -0.4 is 4.74 Å². The first-order chi connectivity index (χ1) is 17.7. The predicted molar refractivity (Wildman–Crippen MR) is 136 cm³/mol. The summed E-state index contributed by atoms with van der Waals surface area (Å²) in [6, 6.07) is 16.3. The number of aromatic nitrogens is 2. The number of carbonyl (C=O) groups is 2. The molecule has 7 nitrogen and oxygen atoms in total. The van der Waals surface area contributed by atoms with Gasteiger partial charge in [0, 0.05) is 36.3 Å². The number of amides is 1. The van der Waals surface area contributed by atoms with E-state index in [0.717, 1.165) is 22.4 Å². The van der Waals surface area contributed by atoms with Gasteiger partial charge >= 0.3 is 5.97 Å². The normalized spacial score (nSPS) is 11.9. The monoisotopic (exact) mass is 519 g/mol. The number of aryl methyl sites for hydroxylation is 2. The average Bonchev–Trinajstić information content (AvgIpc) is 3.19. The van der Waals surface area contributed by atoms with E-state index in [2.05, 4.69) is 5.10 Å². The SMILES string of the molecule is Cc1cc(F)cc(CN(Cc2ccc(C(=O)O)cc2)C(=O)c2nn(C)c3c2COc2ccc(Cl)cc2-3)c1. The van der Waals surface area contributed by atoms with Gasteiger partial charge in [0.2, 0.25) is 0 Å². The number of carbonyl (C=O) groups excluding carboxylic acids is 1. The van der Waals surface area contributed by atoms with Crippen molar-refractivity contribution in [3.05, 3.63) is 105 Å². The molecule has 188 valence electrons. The first-order valence-electron chi connectivity index (χ1n) is 11.6. The molecule has 1 aliphatic heterocycles. The van der Waals surface area contributed by atoms with Gasteiger partial charge in [-0.3, -0.25) is 9.48 Å². The third-order valence-electron chi connectivity index (χ3n) is 6.25. The Morgan fingerprint density at radius 2 is 1.81 bits per heavy atom. The van der Waals surface area contributed by atoms with Crippen LogP contribution in [0.2, 0.25) is 5.02 Å². The van der Waals surface area contributed by atoms with Crippen molar-refractivity contribution >= 4 is 23.5 Å². The maximum atomic E-state index is 14.1. The van der Waals surface area contributed by atoms with Crippen LogP contribution in [0.4, 0.5) is 4.39 Å². The van der Waals surface area contributed by atoms with Crippen molar-refractivity contribution in [3.63, 3.8) is 0 Å². The highest BCUT2D eigenvalue weighted by molar-refractivity contribution is 6.31. The second kappa shape index (κ2) is 9.71. The predicted octanol–water partition coefficient (Wildman–Crippen LogP) is 5.62. The molecule has 0 aliphatic carbocycles. The summed E-state index contributed by atoms with van der Waals surface area (Å²) in [5.41, 5.74) is 4.62. The molecule has 0 fully saturated rings. The largest absolute Gasteiger partial charge is 0.488 e. The van der Waals surface area contributed by atoms with Crippen LogP contribution >= 0.6 is 11.6 Å². The van der Waals surface area contributed by atoms with E-state index in [1.807, 2.05) is 6.07 Å². The van der Waals surface area contributed by atoms with Crippen molar-refractivity contribution in [1.29, 1.82) is 0 Å². The molecule has 0 spiro atoms. The van der Waals surface area contributed by atoms with Crippen molar-refractivity contribution in [2.75, 3.05) is 0 Å². The van der Waals surface area contributed by atoms with E-state index in [-0.39, 0.29) is 42.7 Å². The van der Waals surface area contributed by atoms with E-state index in [4.69, 9.17) is 16.3 Å². The molecule has 0 radical (unpaired) electrons. The fourth-order valence-electron chi connectivity index (χ4n) is 4.62. The summed E-state index contributed by atoms with van der Waals surface area (Å²) in [6.45, 7) is 2.26. The number of aromatic carboxylic acids is 1. The number of hydrogen-bond donors (Lipinski definition) is 1. The molecule has 1 amide bonds. The van der Waals surface area contributed by atoms with Crippen LogP contribution in [0.1, 0.15) is 43.1 Å². The third-order valence-corrected chi connectivity index (χ3v) is 6.49. The zero-order valence-electron chi connectivity index (χ0n) is 20.2. The minimum atomic E-state index is -1.03. The molecule has 0 saturated heterocycles. The van der Waals surface area contributed by atoms with Gasteiger partial charge in [0.1, 0.15) is 18.2 Å². The quantitative estimate of drug-likeness (QED) is 0.357. The minimum absolute atomic E-state index is 0.132. The highest BCUT2D eigenvalue weighted by Gasteiger charge is 2.31. The van der Waals surface area contributed by atoms with Gasteiger partial charge in [-0.05, 0) is 66.1 Å². The second-order valence-corrected chi connectivity index (χ2v) is 9.47. The minimum Gasteiger partial charge on any atom is -0.488 e. The Morgan fingerprint density at radius 1 is 1.08 bits per heavy atom. The molecule has 0 saturated carbocycles. The summed E-state index contributed by atoms with van der Waals surface area (Å²) in [4.78, 5) is 26.8. The van der Waals surface area contributed by atoms with E-state index < -0.39 is 5.97 Å². The lowest BCUT2D eigenvalue weighted by atomic mass is 10.0. The Labute approximate surface area is 217 Å². The standard InChI is InChI=1S/C28H23ClFN3O4/c1-16-9-18(11-21(30)10-16)14-33(13-17-3-5-19(6-4-17)28(35)36)27(34)25-23-15-37-24-8-7-20(29)12-22(24)26(23)32(2)31-25/h3-12H,13-15H2,1-2H3,(H,35,36). The molecule has 2 heterocycles. The van der Waals surface area contributed by atoms with Gasteiger partial charge in [-0.2, -0.15) is 5.10 Å². The number of ether oxygens (including phenoxy) is 1. The van der Waals surface area contributed by atoms with Crippen molar-refractivity contribution in [3.8, 4) is 17.0 Å². The van der Waals surface area contributed by atoms with Gasteiger partial charge in [-0.1, -0.05) is 29.8 Å². The number of hydrogen-bond acceptors (Lipinski definition) is 4. The van der Waals surface area contributed by atoms with Crippen LogP contribution in [0, 0.1) is 12.7 Å². The van der Waals surface area contributed by atoms with Gasteiger partial charge in [0.15, 0.2) is 5.69 Å². The van der Waals surface area contributed by atoms with Crippen LogP contribution in [0.25, 0.3) is 11.3 Å². The molecule has 1 aromatic heterocycles.